The quantitative estimate of drug-likeness (QED) is 0.616. The van der Waals surface area contributed by atoms with E-state index in [0.717, 1.165) is 13.2 Å². The van der Waals surface area contributed by atoms with Crippen molar-refractivity contribution in [1.82, 2.24) is 0 Å². The number of nitriles is 1. The molecule has 0 spiro atoms. The predicted octanol–water partition coefficient (Wildman–Crippen LogP) is 2.89. The fourth-order valence-corrected chi connectivity index (χ4v) is 2.04. The monoisotopic (exact) mass is 337 g/mol. The average Bonchev–Trinajstić information content (AvgIpc) is 2.26. The average molecular weight is 337 g/mol. The molecule has 0 saturated carbocycles. The molecule has 0 radical (unpaired) electrons. The zero-order valence-electron chi connectivity index (χ0n) is 8.13. The molecule has 0 heterocycles. The van der Waals surface area contributed by atoms with E-state index < -0.39 is 18.0 Å². The van der Waals surface area contributed by atoms with Crippen molar-refractivity contribution in [2.24, 2.45) is 0 Å². The number of nitrogens with zero attached hydrogens (tertiary/aromatic N) is 1. The van der Waals surface area contributed by atoms with Crippen molar-refractivity contribution >= 4 is 28.6 Å². The molecule has 0 saturated heterocycles. The molecule has 0 aliphatic heterocycles. The number of hydrogen-bond donors (Lipinski definition) is 0. The van der Waals surface area contributed by atoms with Crippen molar-refractivity contribution in [1.29, 1.82) is 5.26 Å². The van der Waals surface area contributed by atoms with Gasteiger partial charge >= 0.3 is 5.97 Å². The van der Waals surface area contributed by atoms with E-state index in [1.807, 2.05) is 0 Å². The summed E-state index contributed by atoms with van der Waals surface area (Å²) in [5.74, 6) is -0.870. The summed E-state index contributed by atoms with van der Waals surface area (Å²) in [5.41, 5.74) is -0.512. The molecule has 0 atom stereocenters. The minimum absolute atomic E-state index is 0.147. The van der Waals surface area contributed by atoms with Crippen molar-refractivity contribution in [3.8, 4) is 6.07 Å². The molecular weight excluding hydrogens is 331 g/mol. The Bertz CT molecular complexity index is 469. The normalized spacial score (nSPS) is 10.0. The molecule has 0 fully saturated rings. The van der Waals surface area contributed by atoms with Crippen LogP contribution < -0.4 is 0 Å². The van der Waals surface area contributed by atoms with Gasteiger partial charge in [-0.15, -0.1) is 0 Å². The second-order valence-corrected chi connectivity index (χ2v) is 3.99. The molecule has 0 aliphatic carbocycles. The molecule has 0 aliphatic rings. The van der Waals surface area contributed by atoms with Crippen LogP contribution in [0.5, 0.6) is 0 Å². The topological polar surface area (TPSA) is 50.1 Å². The van der Waals surface area contributed by atoms with Crippen molar-refractivity contribution < 1.29 is 18.3 Å². The maximum Gasteiger partial charge on any atom is 0.338 e. The number of ether oxygens (including phenoxy) is 1. The lowest BCUT2D eigenvalue weighted by molar-refractivity contribution is 0.0589. The Morgan fingerprint density at radius 3 is 2.62 bits per heavy atom. The van der Waals surface area contributed by atoms with Crippen molar-refractivity contribution in [3.05, 3.63) is 32.4 Å². The molecule has 1 aromatic rings. The molecule has 0 unspecified atom stereocenters. The molecule has 1 aromatic carbocycles. The van der Waals surface area contributed by atoms with Crippen LogP contribution in [0.3, 0.4) is 0 Å². The molecule has 1 rings (SSSR count). The van der Waals surface area contributed by atoms with E-state index in [9.17, 15) is 13.6 Å². The highest BCUT2D eigenvalue weighted by molar-refractivity contribution is 14.1. The highest BCUT2D eigenvalue weighted by atomic mass is 127. The predicted molar refractivity (Wildman–Crippen MR) is 60.2 cm³/mol. The molecule has 0 N–H and O–H groups in total. The SMILES string of the molecule is COC(=O)c1cc(C#N)cc(I)c1C(F)F. The van der Waals surface area contributed by atoms with Gasteiger partial charge in [0.15, 0.2) is 0 Å². The highest BCUT2D eigenvalue weighted by Gasteiger charge is 2.22. The van der Waals surface area contributed by atoms with Crippen LogP contribution in [-0.2, 0) is 4.74 Å². The smallest absolute Gasteiger partial charge is 0.338 e. The highest BCUT2D eigenvalue weighted by Crippen LogP contribution is 2.29. The Hall–Kier alpha value is -1.23. The van der Waals surface area contributed by atoms with Gasteiger partial charge < -0.3 is 4.74 Å². The summed E-state index contributed by atoms with van der Waals surface area (Å²) in [5, 5.41) is 8.68. The molecular formula is C10H6F2INO2. The Labute approximate surface area is 104 Å². The molecule has 6 heteroatoms. The van der Waals surface area contributed by atoms with Gasteiger partial charge in [-0.25, -0.2) is 13.6 Å². The lowest BCUT2D eigenvalue weighted by Gasteiger charge is -2.09. The van der Waals surface area contributed by atoms with E-state index in [2.05, 4.69) is 4.74 Å². The van der Waals surface area contributed by atoms with Crippen LogP contribution in [0.15, 0.2) is 12.1 Å². The van der Waals surface area contributed by atoms with Crippen LogP contribution in [0.25, 0.3) is 0 Å². The minimum Gasteiger partial charge on any atom is -0.465 e. The third kappa shape index (κ3) is 2.47. The lowest BCUT2D eigenvalue weighted by atomic mass is 10.0. The Morgan fingerprint density at radius 2 is 2.19 bits per heavy atom. The maximum atomic E-state index is 12.7. The molecule has 0 bridgehead atoms. The van der Waals surface area contributed by atoms with Gasteiger partial charge in [-0.3, -0.25) is 0 Å². The van der Waals surface area contributed by atoms with Crippen molar-refractivity contribution in [3.63, 3.8) is 0 Å². The summed E-state index contributed by atoms with van der Waals surface area (Å²) in [6.07, 6.45) is -2.78. The summed E-state index contributed by atoms with van der Waals surface area (Å²) in [7, 11) is 1.10. The van der Waals surface area contributed by atoms with Crippen LogP contribution in [0, 0.1) is 14.9 Å². The van der Waals surface area contributed by atoms with E-state index in [-0.39, 0.29) is 14.7 Å². The standard InChI is InChI=1S/C10H6F2INO2/c1-16-10(15)6-2-5(4-14)3-7(13)8(6)9(11)12/h2-3,9H,1H3. The third-order valence-electron chi connectivity index (χ3n) is 1.88. The molecule has 84 valence electrons. The number of esters is 1. The number of benzene rings is 1. The summed E-state index contributed by atoms with van der Waals surface area (Å²) in [6.45, 7) is 0. The zero-order valence-corrected chi connectivity index (χ0v) is 10.3. The Kier molecular flexibility index (Phi) is 4.18. The fourth-order valence-electron chi connectivity index (χ4n) is 1.18. The number of hydrogen-bond acceptors (Lipinski definition) is 3. The fraction of sp³-hybridized carbons (Fsp3) is 0.200. The van der Waals surface area contributed by atoms with Crippen LogP contribution in [-0.4, -0.2) is 13.1 Å². The lowest BCUT2D eigenvalue weighted by Crippen LogP contribution is -2.08. The van der Waals surface area contributed by atoms with Crippen molar-refractivity contribution in [2.75, 3.05) is 7.11 Å². The number of halogens is 3. The summed E-state index contributed by atoms with van der Waals surface area (Å²) in [6, 6.07) is 4.20. The van der Waals surface area contributed by atoms with Crippen molar-refractivity contribution in [2.45, 2.75) is 6.43 Å². The first-order valence-corrected chi connectivity index (χ1v) is 5.19. The first-order valence-electron chi connectivity index (χ1n) is 4.11. The van der Waals surface area contributed by atoms with Crippen LogP contribution in [0.1, 0.15) is 27.9 Å². The zero-order chi connectivity index (χ0) is 12.3. The van der Waals surface area contributed by atoms with Crippen LogP contribution in [0.4, 0.5) is 8.78 Å². The van der Waals surface area contributed by atoms with Crippen LogP contribution in [0.2, 0.25) is 0 Å². The molecule has 16 heavy (non-hydrogen) atoms. The second kappa shape index (κ2) is 5.21. The van der Waals surface area contributed by atoms with E-state index in [4.69, 9.17) is 5.26 Å². The summed E-state index contributed by atoms with van der Waals surface area (Å²) >= 11 is 1.66. The largest absolute Gasteiger partial charge is 0.465 e. The van der Waals surface area contributed by atoms with Gasteiger partial charge in [0.05, 0.1) is 24.3 Å². The van der Waals surface area contributed by atoms with Gasteiger partial charge in [0.2, 0.25) is 0 Å². The number of carbonyl (C=O) groups excluding carboxylic acids is 1. The Morgan fingerprint density at radius 1 is 1.56 bits per heavy atom. The van der Waals surface area contributed by atoms with Crippen LogP contribution >= 0.6 is 22.6 Å². The van der Waals surface area contributed by atoms with E-state index in [1.165, 1.54) is 6.07 Å². The number of alkyl halides is 2. The first kappa shape index (κ1) is 12.8. The van der Waals surface area contributed by atoms with Gasteiger partial charge in [0, 0.05) is 9.13 Å². The first-order chi connectivity index (χ1) is 7.51. The Balaban J connectivity index is 3.48. The van der Waals surface area contributed by atoms with Gasteiger partial charge in [-0.05, 0) is 34.7 Å². The molecule has 0 aromatic heterocycles. The number of carbonyl (C=O) groups is 1. The van der Waals surface area contributed by atoms with E-state index in [0.29, 0.717) is 0 Å². The van der Waals surface area contributed by atoms with Gasteiger partial charge in [0.25, 0.3) is 6.43 Å². The number of methoxy groups -OCH3 is 1. The van der Waals surface area contributed by atoms with Gasteiger partial charge in [0.1, 0.15) is 0 Å². The van der Waals surface area contributed by atoms with Gasteiger partial charge in [-0.1, -0.05) is 0 Å². The third-order valence-corrected chi connectivity index (χ3v) is 2.77. The van der Waals surface area contributed by atoms with Gasteiger partial charge in [-0.2, -0.15) is 5.26 Å². The minimum atomic E-state index is -2.78. The summed E-state index contributed by atoms with van der Waals surface area (Å²) in [4.78, 5) is 11.3. The number of rotatable bonds is 2. The van der Waals surface area contributed by atoms with E-state index in [1.54, 1.807) is 28.7 Å². The molecule has 3 nitrogen and oxygen atoms in total. The second-order valence-electron chi connectivity index (χ2n) is 2.82. The molecule has 0 amide bonds. The summed E-state index contributed by atoms with van der Waals surface area (Å²) < 4.78 is 30.0. The van der Waals surface area contributed by atoms with E-state index >= 15 is 0 Å². The maximum absolute atomic E-state index is 12.7.